The molecule has 72 valence electrons. The first-order valence-electron chi connectivity index (χ1n) is 4.45. The highest BCUT2D eigenvalue weighted by Gasteiger charge is 2.32. The lowest BCUT2D eigenvalue weighted by Gasteiger charge is -2.21. The molecule has 1 saturated heterocycles. The molecule has 1 aliphatic heterocycles. The molecule has 2 aliphatic rings. The number of hydrogen-bond donors (Lipinski definition) is 3. The van der Waals surface area contributed by atoms with Crippen LogP contribution in [0.1, 0.15) is 19.3 Å². The number of hydrogen-bond acceptors (Lipinski definition) is 3. The predicted octanol–water partition coefficient (Wildman–Crippen LogP) is -0.115. The number of aliphatic hydroxyl groups is 1. The Morgan fingerprint density at radius 3 is 2.75 bits per heavy atom. The molecule has 3 N–H and O–H groups in total. The van der Waals surface area contributed by atoms with Gasteiger partial charge in [0.25, 0.3) is 0 Å². The number of halogens is 1. The summed E-state index contributed by atoms with van der Waals surface area (Å²) >= 11 is 0. The molecule has 0 aromatic rings. The summed E-state index contributed by atoms with van der Waals surface area (Å²) in [5.74, 6) is 0. The Labute approximate surface area is 79.3 Å². The van der Waals surface area contributed by atoms with Gasteiger partial charge < -0.3 is 15.7 Å². The molecule has 2 fully saturated rings. The summed E-state index contributed by atoms with van der Waals surface area (Å²) in [6.45, 7) is 2.49. The Hall–Kier alpha value is 0.170. The van der Waals surface area contributed by atoms with E-state index in [1.54, 1.807) is 0 Å². The van der Waals surface area contributed by atoms with Crippen LogP contribution in [-0.2, 0) is 0 Å². The number of rotatable bonds is 3. The van der Waals surface area contributed by atoms with Crippen LogP contribution >= 0.6 is 12.4 Å². The average molecular weight is 193 g/mol. The van der Waals surface area contributed by atoms with Crippen molar-refractivity contribution in [3.05, 3.63) is 0 Å². The fraction of sp³-hybridized carbons (Fsp3) is 1.00. The van der Waals surface area contributed by atoms with E-state index >= 15 is 0 Å². The molecule has 1 aliphatic carbocycles. The third-order valence-corrected chi connectivity index (χ3v) is 2.52. The van der Waals surface area contributed by atoms with E-state index in [1.807, 2.05) is 0 Å². The monoisotopic (exact) mass is 192 g/mol. The maximum atomic E-state index is 9.84. The van der Waals surface area contributed by atoms with Crippen LogP contribution in [0.5, 0.6) is 0 Å². The molecule has 1 atom stereocenters. The largest absolute Gasteiger partial charge is 0.387 e. The first-order chi connectivity index (χ1) is 5.29. The zero-order valence-electron chi connectivity index (χ0n) is 7.18. The van der Waals surface area contributed by atoms with Gasteiger partial charge in [-0.1, -0.05) is 0 Å². The predicted molar refractivity (Wildman–Crippen MR) is 50.7 cm³/mol. The summed E-state index contributed by atoms with van der Waals surface area (Å²) in [5, 5.41) is 16.4. The van der Waals surface area contributed by atoms with Crippen LogP contribution in [0, 0.1) is 0 Å². The minimum absolute atomic E-state index is 0. The lowest BCUT2D eigenvalue weighted by atomic mass is 10.0. The molecule has 0 aromatic heterocycles. The van der Waals surface area contributed by atoms with E-state index < -0.39 is 5.60 Å². The topological polar surface area (TPSA) is 44.3 Å². The van der Waals surface area contributed by atoms with Crippen molar-refractivity contribution >= 4 is 12.4 Å². The Morgan fingerprint density at radius 1 is 1.50 bits per heavy atom. The van der Waals surface area contributed by atoms with E-state index in [9.17, 15) is 5.11 Å². The van der Waals surface area contributed by atoms with Crippen LogP contribution in [-0.4, -0.2) is 36.4 Å². The summed E-state index contributed by atoms with van der Waals surface area (Å²) in [4.78, 5) is 0. The molecule has 0 amide bonds. The van der Waals surface area contributed by atoms with E-state index in [4.69, 9.17) is 0 Å². The first kappa shape index (κ1) is 10.3. The van der Waals surface area contributed by atoms with Crippen molar-refractivity contribution in [2.75, 3.05) is 19.6 Å². The van der Waals surface area contributed by atoms with Crippen LogP contribution in [0.3, 0.4) is 0 Å². The Morgan fingerprint density at radius 2 is 2.25 bits per heavy atom. The smallest absolute Gasteiger partial charge is 0.0907 e. The van der Waals surface area contributed by atoms with Gasteiger partial charge >= 0.3 is 0 Å². The highest BCUT2D eigenvalue weighted by atomic mass is 35.5. The molecule has 2 rings (SSSR count). The van der Waals surface area contributed by atoms with E-state index in [0.29, 0.717) is 6.04 Å². The summed E-state index contributed by atoms with van der Waals surface area (Å²) < 4.78 is 0. The second-order valence-corrected chi connectivity index (χ2v) is 3.81. The van der Waals surface area contributed by atoms with Gasteiger partial charge in [0.15, 0.2) is 0 Å². The van der Waals surface area contributed by atoms with Crippen molar-refractivity contribution in [1.82, 2.24) is 10.6 Å². The standard InChI is InChI=1S/C8H16N2O.ClH/c11-8(3-4-9-5-8)6-10-7-1-2-7;/h7,9-11H,1-6H2;1H. The molecular formula is C8H17ClN2O. The van der Waals surface area contributed by atoms with Crippen molar-refractivity contribution < 1.29 is 5.11 Å². The van der Waals surface area contributed by atoms with Gasteiger partial charge in [-0.15, -0.1) is 12.4 Å². The van der Waals surface area contributed by atoms with Crippen LogP contribution in [0.25, 0.3) is 0 Å². The molecule has 4 heteroatoms. The normalized spacial score (nSPS) is 34.8. The van der Waals surface area contributed by atoms with Crippen LogP contribution < -0.4 is 10.6 Å². The van der Waals surface area contributed by atoms with E-state index in [1.165, 1.54) is 12.8 Å². The molecule has 0 radical (unpaired) electrons. The molecule has 0 spiro atoms. The van der Waals surface area contributed by atoms with Gasteiger partial charge in [0, 0.05) is 19.1 Å². The van der Waals surface area contributed by atoms with Crippen molar-refractivity contribution in [2.45, 2.75) is 30.9 Å². The SMILES string of the molecule is Cl.OC1(CNC2CC2)CCNC1. The molecular weight excluding hydrogens is 176 g/mol. The summed E-state index contributed by atoms with van der Waals surface area (Å²) in [6.07, 6.45) is 3.49. The molecule has 1 saturated carbocycles. The number of nitrogens with one attached hydrogen (secondary N) is 2. The van der Waals surface area contributed by atoms with Crippen LogP contribution in [0.2, 0.25) is 0 Å². The second kappa shape index (κ2) is 3.92. The van der Waals surface area contributed by atoms with Crippen LogP contribution in [0.4, 0.5) is 0 Å². The van der Waals surface area contributed by atoms with Crippen molar-refractivity contribution in [1.29, 1.82) is 0 Å². The third-order valence-electron chi connectivity index (χ3n) is 2.52. The van der Waals surface area contributed by atoms with Crippen molar-refractivity contribution in [3.8, 4) is 0 Å². The molecule has 12 heavy (non-hydrogen) atoms. The lowest BCUT2D eigenvalue weighted by molar-refractivity contribution is 0.0608. The first-order valence-corrected chi connectivity index (χ1v) is 4.45. The fourth-order valence-corrected chi connectivity index (χ4v) is 1.50. The molecule has 0 aromatic carbocycles. The Balaban J connectivity index is 0.000000720. The van der Waals surface area contributed by atoms with E-state index in [2.05, 4.69) is 10.6 Å². The van der Waals surface area contributed by atoms with E-state index in [0.717, 1.165) is 26.1 Å². The van der Waals surface area contributed by atoms with Gasteiger partial charge in [-0.05, 0) is 25.8 Å². The molecule has 0 bridgehead atoms. The highest BCUT2D eigenvalue weighted by molar-refractivity contribution is 5.85. The average Bonchev–Trinajstić information content (AvgIpc) is 2.73. The van der Waals surface area contributed by atoms with Gasteiger partial charge in [0.1, 0.15) is 0 Å². The summed E-state index contributed by atoms with van der Waals surface area (Å²) in [5.41, 5.74) is -0.456. The minimum atomic E-state index is -0.456. The van der Waals surface area contributed by atoms with Crippen molar-refractivity contribution in [2.24, 2.45) is 0 Å². The van der Waals surface area contributed by atoms with Crippen molar-refractivity contribution in [3.63, 3.8) is 0 Å². The van der Waals surface area contributed by atoms with E-state index in [-0.39, 0.29) is 12.4 Å². The summed E-state index contributed by atoms with van der Waals surface area (Å²) in [7, 11) is 0. The van der Waals surface area contributed by atoms with Gasteiger partial charge in [0.2, 0.25) is 0 Å². The second-order valence-electron chi connectivity index (χ2n) is 3.81. The highest BCUT2D eigenvalue weighted by Crippen LogP contribution is 2.20. The lowest BCUT2D eigenvalue weighted by Crippen LogP contribution is -2.43. The Kier molecular flexibility index (Phi) is 3.35. The molecule has 1 unspecified atom stereocenters. The minimum Gasteiger partial charge on any atom is -0.387 e. The van der Waals surface area contributed by atoms with Gasteiger partial charge in [-0.25, -0.2) is 0 Å². The quantitative estimate of drug-likeness (QED) is 0.585. The Bertz CT molecular complexity index is 144. The fourth-order valence-electron chi connectivity index (χ4n) is 1.50. The zero-order chi connectivity index (χ0) is 7.73. The zero-order valence-corrected chi connectivity index (χ0v) is 7.99. The number of β-amino-alcohol motifs (C(OH)–C–C–N with tert-alkyl or cyclic N) is 1. The molecule has 3 nitrogen and oxygen atoms in total. The van der Waals surface area contributed by atoms with Crippen LogP contribution in [0.15, 0.2) is 0 Å². The third kappa shape index (κ3) is 2.59. The van der Waals surface area contributed by atoms with Gasteiger partial charge in [0.05, 0.1) is 5.60 Å². The van der Waals surface area contributed by atoms with Gasteiger partial charge in [-0.3, -0.25) is 0 Å². The summed E-state index contributed by atoms with van der Waals surface area (Å²) in [6, 6.07) is 0.708. The maximum absolute atomic E-state index is 9.84. The molecule has 1 heterocycles. The van der Waals surface area contributed by atoms with Gasteiger partial charge in [-0.2, -0.15) is 0 Å². The maximum Gasteiger partial charge on any atom is 0.0907 e.